The molecule has 0 saturated carbocycles. The topological polar surface area (TPSA) is 55.4 Å². The Kier molecular flexibility index (Phi) is 3.35. The van der Waals surface area contributed by atoms with Gasteiger partial charge in [0, 0.05) is 5.69 Å². The normalized spacial score (nSPS) is 11.0. The molecule has 0 aromatic heterocycles. The van der Waals surface area contributed by atoms with Gasteiger partial charge in [0.1, 0.15) is 5.75 Å². The number of hydrogen-bond donors (Lipinski definition) is 1. The summed E-state index contributed by atoms with van der Waals surface area (Å²) in [6, 6.07) is 6.76. The molecule has 0 amide bonds. The molecule has 1 rings (SSSR count). The molecule has 0 radical (unpaired) electrons. The van der Waals surface area contributed by atoms with Crippen LogP contribution in [0.25, 0.3) is 0 Å². The van der Waals surface area contributed by atoms with Crippen molar-refractivity contribution in [1.29, 1.82) is 0 Å². The van der Waals surface area contributed by atoms with Gasteiger partial charge in [-0.25, -0.2) is 8.42 Å². The Morgan fingerprint density at radius 1 is 1.29 bits per heavy atom. The van der Waals surface area contributed by atoms with Crippen molar-refractivity contribution in [3.63, 3.8) is 0 Å². The van der Waals surface area contributed by atoms with Gasteiger partial charge in [-0.3, -0.25) is 4.72 Å². The molecule has 0 saturated heterocycles. The first-order valence-corrected chi connectivity index (χ1v) is 6.11. The number of benzene rings is 1. The third-order valence-electron chi connectivity index (χ3n) is 1.47. The van der Waals surface area contributed by atoms with E-state index >= 15 is 0 Å². The van der Waals surface area contributed by atoms with Gasteiger partial charge in [-0.05, 0) is 31.2 Å². The summed E-state index contributed by atoms with van der Waals surface area (Å²) in [4.78, 5) is 0. The molecule has 14 heavy (non-hydrogen) atoms. The third-order valence-corrected chi connectivity index (χ3v) is 2.08. The maximum Gasteiger partial charge on any atom is 0.229 e. The fraction of sp³-hybridized carbons (Fsp3) is 0.333. The van der Waals surface area contributed by atoms with E-state index in [0.29, 0.717) is 12.3 Å². The van der Waals surface area contributed by atoms with Crippen molar-refractivity contribution in [2.75, 3.05) is 17.6 Å². The Bertz CT molecular complexity index is 383. The van der Waals surface area contributed by atoms with Crippen molar-refractivity contribution in [3.05, 3.63) is 24.3 Å². The van der Waals surface area contributed by atoms with Gasteiger partial charge >= 0.3 is 0 Å². The highest BCUT2D eigenvalue weighted by atomic mass is 32.2. The maximum atomic E-state index is 10.9. The Labute approximate surface area is 84.0 Å². The highest BCUT2D eigenvalue weighted by Gasteiger charge is 2.00. The van der Waals surface area contributed by atoms with E-state index in [9.17, 15) is 8.42 Å². The molecule has 0 bridgehead atoms. The van der Waals surface area contributed by atoms with E-state index in [0.717, 1.165) is 12.0 Å². The molecule has 0 aliphatic carbocycles. The molecule has 0 heterocycles. The van der Waals surface area contributed by atoms with Crippen molar-refractivity contribution in [3.8, 4) is 5.75 Å². The lowest BCUT2D eigenvalue weighted by molar-refractivity contribution is 0.340. The van der Waals surface area contributed by atoms with Gasteiger partial charge in [-0.15, -0.1) is 0 Å². The molecule has 1 aromatic carbocycles. The molecule has 1 aromatic rings. The Hall–Kier alpha value is -1.23. The van der Waals surface area contributed by atoms with E-state index in [1.165, 1.54) is 0 Å². The van der Waals surface area contributed by atoms with Crippen LogP contribution in [-0.4, -0.2) is 21.3 Å². The summed E-state index contributed by atoms with van der Waals surface area (Å²) < 4.78 is 29.3. The fourth-order valence-corrected chi connectivity index (χ4v) is 1.56. The monoisotopic (exact) mass is 215 g/mol. The van der Waals surface area contributed by atoms with E-state index in [-0.39, 0.29) is 0 Å². The summed E-state index contributed by atoms with van der Waals surface area (Å²) in [6.45, 7) is 2.49. The van der Waals surface area contributed by atoms with Gasteiger partial charge in [0.2, 0.25) is 10.0 Å². The SMILES string of the molecule is CCOc1ccc(NS(C)(=O)=O)cc1. The summed E-state index contributed by atoms with van der Waals surface area (Å²) in [5, 5.41) is 0. The van der Waals surface area contributed by atoms with Crippen LogP contribution in [0.15, 0.2) is 24.3 Å². The lowest BCUT2D eigenvalue weighted by Gasteiger charge is -2.05. The molecule has 4 nitrogen and oxygen atoms in total. The first-order chi connectivity index (χ1) is 6.51. The Morgan fingerprint density at radius 2 is 1.86 bits per heavy atom. The smallest absolute Gasteiger partial charge is 0.229 e. The van der Waals surface area contributed by atoms with Gasteiger partial charge in [0.15, 0.2) is 0 Å². The highest BCUT2D eigenvalue weighted by molar-refractivity contribution is 7.92. The minimum Gasteiger partial charge on any atom is -0.494 e. The van der Waals surface area contributed by atoms with Crippen LogP contribution in [0.3, 0.4) is 0 Å². The van der Waals surface area contributed by atoms with E-state index in [2.05, 4.69) is 4.72 Å². The highest BCUT2D eigenvalue weighted by Crippen LogP contribution is 2.16. The van der Waals surface area contributed by atoms with Crippen LogP contribution < -0.4 is 9.46 Å². The predicted molar refractivity (Wildman–Crippen MR) is 56.1 cm³/mol. The number of ether oxygens (including phenoxy) is 1. The molecule has 0 aliphatic heterocycles. The quantitative estimate of drug-likeness (QED) is 0.827. The molecule has 5 heteroatoms. The molecule has 0 unspecified atom stereocenters. The average Bonchev–Trinajstić information content (AvgIpc) is 2.06. The van der Waals surface area contributed by atoms with Gasteiger partial charge in [0.05, 0.1) is 12.9 Å². The fourth-order valence-electron chi connectivity index (χ4n) is 1.000. The van der Waals surface area contributed by atoms with Crippen molar-refractivity contribution < 1.29 is 13.2 Å². The second kappa shape index (κ2) is 4.32. The van der Waals surface area contributed by atoms with Crippen molar-refractivity contribution in [2.45, 2.75) is 6.92 Å². The molecule has 0 spiro atoms. The zero-order valence-corrected chi connectivity index (χ0v) is 8.97. The second-order valence-electron chi connectivity index (χ2n) is 2.83. The van der Waals surface area contributed by atoms with Gasteiger partial charge in [0.25, 0.3) is 0 Å². The van der Waals surface area contributed by atoms with E-state index in [1.54, 1.807) is 24.3 Å². The van der Waals surface area contributed by atoms with Gasteiger partial charge < -0.3 is 4.74 Å². The first kappa shape index (κ1) is 10.8. The van der Waals surface area contributed by atoms with Crippen LogP contribution in [-0.2, 0) is 10.0 Å². The lowest BCUT2D eigenvalue weighted by atomic mass is 10.3. The third kappa shape index (κ3) is 3.66. The average molecular weight is 215 g/mol. The van der Waals surface area contributed by atoms with Crippen LogP contribution >= 0.6 is 0 Å². The molecule has 0 atom stereocenters. The van der Waals surface area contributed by atoms with Crippen LogP contribution in [0.5, 0.6) is 5.75 Å². The van der Waals surface area contributed by atoms with Gasteiger partial charge in [-0.1, -0.05) is 0 Å². The standard InChI is InChI=1S/C9H13NO3S/c1-3-13-9-6-4-8(5-7-9)10-14(2,11)12/h4-7,10H,3H2,1-2H3. The second-order valence-corrected chi connectivity index (χ2v) is 4.58. The number of rotatable bonds is 4. The van der Waals surface area contributed by atoms with E-state index in [4.69, 9.17) is 4.74 Å². The molecule has 78 valence electrons. The Morgan fingerprint density at radius 3 is 2.29 bits per heavy atom. The molecule has 0 fully saturated rings. The lowest BCUT2D eigenvalue weighted by Crippen LogP contribution is -2.09. The van der Waals surface area contributed by atoms with E-state index in [1.807, 2.05) is 6.92 Å². The van der Waals surface area contributed by atoms with Crippen LogP contribution in [0, 0.1) is 0 Å². The first-order valence-electron chi connectivity index (χ1n) is 4.22. The largest absolute Gasteiger partial charge is 0.494 e. The van der Waals surface area contributed by atoms with Crippen molar-refractivity contribution in [1.82, 2.24) is 0 Å². The summed E-state index contributed by atoms with van der Waals surface area (Å²) in [7, 11) is -3.19. The van der Waals surface area contributed by atoms with Gasteiger partial charge in [-0.2, -0.15) is 0 Å². The van der Waals surface area contributed by atoms with Crippen LogP contribution in [0.4, 0.5) is 5.69 Å². The minimum absolute atomic E-state index is 0.538. The van der Waals surface area contributed by atoms with Crippen molar-refractivity contribution in [2.24, 2.45) is 0 Å². The molecule has 1 N–H and O–H groups in total. The molecular formula is C9H13NO3S. The number of hydrogen-bond acceptors (Lipinski definition) is 3. The summed E-state index contributed by atoms with van der Waals surface area (Å²) in [6.07, 6.45) is 1.11. The van der Waals surface area contributed by atoms with Crippen LogP contribution in [0.1, 0.15) is 6.92 Å². The maximum absolute atomic E-state index is 10.9. The molecule has 0 aliphatic rings. The summed E-state index contributed by atoms with van der Waals surface area (Å²) in [5.74, 6) is 0.728. The zero-order valence-electron chi connectivity index (χ0n) is 8.15. The molecular weight excluding hydrogens is 202 g/mol. The number of anilines is 1. The summed E-state index contributed by atoms with van der Waals surface area (Å²) >= 11 is 0. The minimum atomic E-state index is -3.19. The number of nitrogens with one attached hydrogen (secondary N) is 1. The van der Waals surface area contributed by atoms with Crippen molar-refractivity contribution >= 4 is 15.7 Å². The zero-order chi connectivity index (χ0) is 10.6. The van der Waals surface area contributed by atoms with E-state index < -0.39 is 10.0 Å². The summed E-state index contributed by atoms with van der Waals surface area (Å²) in [5.41, 5.74) is 0.538. The Balaban J connectivity index is 2.74. The predicted octanol–water partition coefficient (Wildman–Crippen LogP) is 1.46. The van der Waals surface area contributed by atoms with Crippen LogP contribution in [0.2, 0.25) is 0 Å². The number of sulfonamides is 1.